The number of fused-ring (bicyclic) bond motifs is 2. The highest BCUT2D eigenvalue weighted by Crippen LogP contribution is 2.46. The first-order chi connectivity index (χ1) is 10.2. The van der Waals surface area contributed by atoms with E-state index < -0.39 is 6.07 Å². The van der Waals surface area contributed by atoms with Crippen LogP contribution in [0.1, 0.15) is 0 Å². The lowest BCUT2D eigenvalue weighted by Crippen LogP contribution is -2.30. The molecule has 22 heavy (non-hydrogen) atoms. The number of hydrogen-bond acceptors (Lipinski definition) is 2. The molecule has 0 spiro atoms. The Morgan fingerprint density at radius 1 is 1.00 bits per heavy atom. The Bertz CT molecular complexity index is 887. The van der Waals surface area contributed by atoms with Crippen LogP contribution in [0.5, 0.6) is 0 Å². The zero-order chi connectivity index (χ0) is 16.5. The summed E-state index contributed by atoms with van der Waals surface area (Å²) in [4.78, 5) is 9.19. The summed E-state index contributed by atoms with van der Waals surface area (Å²) in [5, 5.41) is 3.35. The molecule has 0 fully saturated rings. The van der Waals surface area contributed by atoms with Gasteiger partial charge in [0.25, 0.3) is 0 Å². The lowest BCUT2D eigenvalue weighted by molar-refractivity contribution is -0.617. The average molecular weight is 397 g/mol. The van der Waals surface area contributed by atoms with E-state index in [1.807, 2.05) is 43.4 Å². The molecule has 0 aliphatic carbocycles. The molecule has 0 saturated heterocycles. The summed E-state index contributed by atoms with van der Waals surface area (Å²) in [6.45, 7) is 0. The highest BCUT2D eigenvalue weighted by molar-refractivity contribution is 8.03. The lowest BCUT2D eigenvalue weighted by Gasteiger charge is -2.05. The molecule has 0 unspecified atom stereocenters. The second kappa shape index (κ2) is 6.92. The maximum atomic E-state index is 9.19. The lowest BCUT2D eigenvalue weighted by atomic mass is 10.1. The van der Waals surface area contributed by atoms with Crippen LogP contribution in [0.3, 0.4) is 0 Å². The van der Waals surface area contributed by atoms with Crippen LogP contribution in [-0.2, 0) is 11.6 Å². The summed E-state index contributed by atoms with van der Waals surface area (Å²) in [5.74, 6) is 0. The molecular weight excluding hydrogens is 387 g/mol. The molecule has 0 amide bonds. The quantitative estimate of drug-likeness (QED) is 0.303. The average Bonchev–Trinajstić information content (AvgIpc) is 2.43. The first kappa shape index (κ1) is 17.8. The van der Waals surface area contributed by atoms with Gasteiger partial charge in [0.15, 0.2) is 6.07 Å². The zero-order valence-electron chi connectivity index (χ0n) is 11.3. The number of halogens is 4. The van der Waals surface area contributed by atoms with Crippen LogP contribution in [0.4, 0.5) is 0 Å². The molecule has 3 aromatic rings. The standard InChI is InChI=1S/C14H10Cl2N.Cl2HO2P/c1-17-11-7-3-2-5-9(11)14(16)13-10(15)6-4-8-12(13)17;1-5(2,3)4/h2-8H,1H3;(H,3,4)/q+1;/p-1. The second-order valence-electron chi connectivity index (χ2n) is 4.44. The number of aromatic nitrogens is 1. The number of pyridine rings is 1. The fourth-order valence-electron chi connectivity index (χ4n) is 2.23. The maximum absolute atomic E-state index is 9.19. The van der Waals surface area contributed by atoms with Gasteiger partial charge in [-0.1, -0.05) is 63.9 Å². The van der Waals surface area contributed by atoms with Crippen molar-refractivity contribution >= 4 is 73.6 Å². The fourth-order valence-corrected chi connectivity index (χ4v) is 2.90. The highest BCUT2D eigenvalue weighted by Gasteiger charge is 2.17. The molecule has 3 nitrogen and oxygen atoms in total. The maximum Gasteiger partial charge on any atom is 0.215 e. The number of nitrogens with zero attached hydrogens (tertiary/aromatic N) is 1. The van der Waals surface area contributed by atoms with Gasteiger partial charge in [-0.15, -0.1) is 0 Å². The zero-order valence-corrected chi connectivity index (χ0v) is 15.2. The molecule has 0 aliphatic heterocycles. The minimum atomic E-state index is -3.94. The minimum Gasteiger partial charge on any atom is -0.776 e. The first-order valence-corrected chi connectivity index (χ1v) is 10.2. The van der Waals surface area contributed by atoms with E-state index in [1.165, 1.54) is 0 Å². The number of benzene rings is 2. The van der Waals surface area contributed by atoms with E-state index in [-0.39, 0.29) is 0 Å². The van der Waals surface area contributed by atoms with Crippen molar-refractivity contribution < 1.29 is 14.0 Å². The number of hydrogen-bond donors (Lipinski definition) is 0. The topological polar surface area (TPSA) is 44.0 Å². The summed E-state index contributed by atoms with van der Waals surface area (Å²) < 4.78 is 11.3. The largest absolute Gasteiger partial charge is 0.776 e. The summed E-state index contributed by atoms with van der Waals surface area (Å²) in [6, 6.07) is 13.9. The summed E-state index contributed by atoms with van der Waals surface area (Å²) in [5.41, 5.74) is 2.15. The van der Waals surface area contributed by atoms with Crippen molar-refractivity contribution in [1.29, 1.82) is 0 Å². The Kier molecular flexibility index (Phi) is 5.60. The van der Waals surface area contributed by atoms with Crippen molar-refractivity contribution in [3.63, 3.8) is 0 Å². The molecule has 3 rings (SSSR count). The molecule has 0 aliphatic rings. The second-order valence-corrected chi connectivity index (χ2v) is 9.24. The van der Waals surface area contributed by atoms with Gasteiger partial charge < -0.3 is 9.46 Å². The van der Waals surface area contributed by atoms with Gasteiger partial charge in [0.05, 0.1) is 20.8 Å². The predicted molar refractivity (Wildman–Crippen MR) is 92.0 cm³/mol. The van der Waals surface area contributed by atoms with Crippen LogP contribution in [0.2, 0.25) is 10.0 Å². The van der Waals surface area contributed by atoms with Gasteiger partial charge in [-0.05, 0) is 12.1 Å². The number of aryl methyl sites for hydroxylation is 1. The summed E-state index contributed by atoms with van der Waals surface area (Å²) in [6.07, 6.45) is -3.94. The molecule has 1 aromatic heterocycles. The highest BCUT2D eigenvalue weighted by atomic mass is 35.9. The van der Waals surface area contributed by atoms with Gasteiger partial charge in [-0.25, -0.2) is 0 Å². The van der Waals surface area contributed by atoms with Gasteiger partial charge in [-0.2, -0.15) is 4.57 Å². The fraction of sp³-hybridized carbons (Fsp3) is 0.0714. The van der Waals surface area contributed by atoms with Crippen molar-refractivity contribution in [3.8, 4) is 0 Å². The molecule has 0 radical (unpaired) electrons. The van der Waals surface area contributed by atoms with E-state index in [9.17, 15) is 9.46 Å². The van der Waals surface area contributed by atoms with Crippen molar-refractivity contribution in [2.75, 3.05) is 0 Å². The predicted octanol–water partition coefficient (Wildman–Crippen LogP) is 5.06. The molecule has 2 aromatic carbocycles. The third kappa shape index (κ3) is 4.05. The van der Waals surface area contributed by atoms with Crippen LogP contribution in [-0.4, -0.2) is 0 Å². The van der Waals surface area contributed by atoms with Crippen molar-refractivity contribution in [2.45, 2.75) is 0 Å². The Morgan fingerprint density at radius 3 is 2.18 bits per heavy atom. The minimum absolute atomic E-state index is 0.689. The van der Waals surface area contributed by atoms with Gasteiger partial charge in [0, 0.05) is 12.1 Å². The van der Waals surface area contributed by atoms with Gasteiger partial charge in [-0.3, -0.25) is 0 Å². The van der Waals surface area contributed by atoms with Crippen LogP contribution in [0.25, 0.3) is 21.8 Å². The number of para-hydroxylation sites is 1. The Balaban J connectivity index is 0.000000309. The normalized spacial score (nSPS) is 11.4. The molecule has 0 atom stereocenters. The smallest absolute Gasteiger partial charge is 0.215 e. The van der Waals surface area contributed by atoms with E-state index in [0.717, 1.165) is 26.8 Å². The van der Waals surface area contributed by atoms with E-state index in [4.69, 9.17) is 23.2 Å². The van der Waals surface area contributed by atoms with Crippen LogP contribution < -0.4 is 9.46 Å². The van der Waals surface area contributed by atoms with Crippen LogP contribution >= 0.6 is 51.8 Å². The Labute approximate surface area is 147 Å². The van der Waals surface area contributed by atoms with E-state index in [1.54, 1.807) is 0 Å². The molecule has 1 heterocycles. The summed E-state index contributed by atoms with van der Waals surface area (Å²) in [7, 11) is 2.03. The van der Waals surface area contributed by atoms with Crippen molar-refractivity contribution in [3.05, 3.63) is 52.5 Å². The van der Waals surface area contributed by atoms with Crippen molar-refractivity contribution in [2.24, 2.45) is 7.05 Å². The van der Waals surface area contributed by atoms with Gasteiger partial charge >= 0.3 is 0 Å². The summed E-state index contributed by atoms with van der Waals surface area (Å²) >= 11 is 21.3. The third-order valence-corrected chi connectivity index (χ3v) is 3.78. The third-order valence-electron chi connectivity index (χ3n) is 3.07. The van der Waals surface area contributed by atoms with Crippen molar-refractivity contribution in [1.82, 2.24) is 0 Å². The molecule has 0 N–H and O–H groups in total. The molecule has 0 bridgehead atoms. The monoisotopic (exact) mass is 395 g/mol. The molecule has 0 saturated carbocycles. The first-order valence-electron chi connectivity index (χ1n) is 6.05. The Morgan fingerprint density at radius 2 is 1.55 bits per heavy atom. The van der Waals surface area contributed by atoms with E-state index >= 15 is 0 Å². The van der Waals surface area contributed by atoms with E-state index in [2.05, 4.69) is 33.1 Å². The molecule has 116 valence electrons. The SMILES string of the molecule is C[n+]1c2ccccc2c(Cl)c2c(Cl)cccc21.O=P([O-])(Cl)Cl. The van der Waals surface area contributed by atoms with Gasteiger partial charge in [0.2, 0.25) is 11.0 Å². The number of rotatable bonds is 0. The van der Waals surface area contributed by atoms with E-state index in [0.29, 0.717) is 5.02 Å². The molecular formula is C14H10Cl4NO2P. The molecule has 8 heteroatoms. The Hall–Kier alpha value is -0.540. The van der Waals surface area contributed by atoms with Gasteiger partial charge in [0.1, 0.15) is 7.05 Å². The van der Waals surface area contributed by atoms with Crippen LogP contribution in [0, 0.1) is 0 Å². The van der Waals surface area contributed by atoms with Crippen LogP contribution in [0.15, 0.2) is 42.5 Å².